The molecular weight excluding hydrogens is 220 g/mol. The van der Waals surface area contributed by atoms with Crippen molar-refractivity contribution in [3.05, 3.63) is 22.8 Å². The van der Waals surface area contributed by atoms with Crippen LogP contribution in [-0.4, -0.2) is 5.78 Å². The number of allylic oxidation sites excluding steroid dienone is 4. The van der Waals surface area contributed by atoms with Crippen LogP contribution in [-0.2, 0) is 4.79 Å². The maximum Gasteiger partial charge on any atom is 0.158 e. The molecule has 0 bridgehead atoms. The highest BCUT2D eigenvalue weighted by molar-refractivity contribution is 5.97. The van der Waals surface area contributed by atoms with Gasteiger partial charge in [0.15, 0.2) is 5.78 Å². The Morgan fingerprint density at radius 3 is 2.67 bits per heavy atom. The first kappa shape index (κ1) is 12.2. The molecule has 1 heteroatoms. The summed E-state index contributed by atoms with van der Waals surface area (Å²) < 4.78 is 0. The second-order valence-electron chi connectivity index (χ2n) is 6.93. The van der Waals surface area contributed by atoms with Crippen molar-refractivity contribution < 1.29 is 4.79 Å². The molecule has 3 aliphatic carbocycles. The minimum absolute atomic E-state index is 0.200. The smallest absolute Gasteiger partial charge is 0.158 e. The molecule has 0 aromatic heterocycles. The maximum absolute atomic E-state index is 12.0. The zero-order valence-electron chi connectivity index (χ0n) is 11.9. The quantitative estimate of drug-likeness (QED) is 0.570. The van der Waals surface area contributed by atoms with Crippen LogP contribution in [0.4, 0.5) is 0 Å². The van der Waals surface area contributed by atoms with E-state index in [4.69, 9.17) is 0 Å². The van der Waals surface area contributed by atoms with E-state index < -0.39 is 0 Å². The predicted molar refractivity (Wildman–Crippen MR) is 74.3 cm³/mol. The van der Waals surface area contributed by atoms with Crippen molar-refractivity contribution >= 4 is 5.78 Å². The van der Waals surface area contributed by atoms with Gasteiger partial charge in [-0.15, -0.1) is 0 Å². The molecule has 0 heterocycles. The van der Waals surface area contributed by atoms with Crippen molar-refractivity contribution in [1.82, 2.24) is 0 Å². The largest absolute Gasteiger partial charge is 0.295 e. The Bertz CT molecular complexity index is 468. The highest BCUT2D eigenvalue weighted by Gasteiger charge is 2.49. The molecular formula is C17H24O. The topological polar surface area (TPSA) is 17.1 Å². The Balaban J connectivity index is 2.14. The van der Waals surface area contributed by atoms with Crippen LogP contribution < -0.4 is 0 Å². The summed E-state index contributed by atoms with van der Waals surface area (Å²) in [6.07, 6.45) is 10.6. The summed E-state index contributed by atoms with van der Waals surface area (Å²) in [7, 11) is 0. The number of carbonyl (C=O) groups excluding carboxylic acids is 1. The molecule has 0 aliphatic heterocycles. The van der Waals surface area contributed by atoms with Gasteiger partial charge < -0.3 is 0 Å². The van der Waals surface area contributed by atoms with E-state index in [1.807, 2.05) is 0 Å². The third-order valence-electron chi connectivity index (χ3n) is 5.84. The van der Waals surface area contributed by atoms with E-state index in [0.29, 0.717) is 11.2 Å². The Hall–Kier alpha value is -0.850. The van der Waals surface area contributed by atoms with Gasteiger partial charge in [-0.1, -0.05) is 31.1 Å². The van der Waals surface area contributed by atoms with E-state index in [9.17, 15) is 4.79 Å². The zero-order valence-corrected chi connectivity index (χ0v) is 11.9. The van der Waals surface area contributed by atoms with Crippen molar-refractivity contribution in [2.45, 2.75) is 65.7 Å². The molecule has 0 aromatic carbocycles. The fourth-order valence-corrected chi connectivity index (χ4v) is 4.72. The minimum Gasteiger partial charge on any atom is -0.295 e. The molecule has 18 heavy (non-hydrogen) atoms. The maximum atomic E-state index is 12.0. The van der Waals surface area contributed by atoms with E-state index in [2.05, 4.69) is 26.8 Å². The first-order valence-electron chi connectivity index (χ1n) is 7.42. The normalized spacial score (nSPS) is 40.2. The number of hydrogen-bond donors (Lipinski definition) is 0. The fraction of sp³-hybridized carbons (Fsp3) is 0.706. The average Bonchev–Trinajstić information content (AvgIpc) is 2.34. The number of rotatable bonds is 0. The van der Waals surface area contributed by atoms with Gasteiger partial charge in [0.2, 0.25) is 0 Å². The van der Waals surface area contributed by atoms with Gasteiger partial charge in [-0.05, 0) is 56.4 Å². The lowest BCUT2D eigenvalue weighted by atomic mass is 9.51. The lowest BCUT2D eigenvalue weighted by Crippen LogP contribution is -2.42. The number of fused-ring (bicyclic) bond motifs is 3. The van der Waals surface area contributed by atoms with Crippen LogP contribution in [0.5, 0.6) is 0 Å². The molecule has 0 radical (unpaired) electrons. The van der Waals surface area contributed by atoms with E-state index in [1.165, 1.54) is 31.3 Å². The van der Waals surface area contributed by atoms with Crippen LogP contribution in [0.25, 0.3) is 0 Å². The summed E-state index contributed by atoms with van der Waals surface area (Å²) in [4.78, 5) is 12.0. The first-order valence-corrected chi connectivity index (χ1v) is 7.42. The van der Waals surface area contributed by atoms with E-state index in [0.717, 1.165) is 24.8 Å². The molecule has 3 rings (SSSR count). The van der Waals surface area contributed by atoms with Gasteiger partial charge in [0.1, 0.15) is 0 Å². The molecule has 1 saturated carbocycles. The van der Waals surface area contributed by atoms with E-state index in [-0.39, 0.29) is 5.41 Å². The monoisotopic (exact) mass is 244 g/mol. The Morgan fingerprint density at radius 1 is 1.11 bits per heavy atom. The molecule has 0 saturated heterocycles. The third kappa shape index (κ3) is 1.49. The van der Waals surface area contributed by atoms with Gasteiger partial charge in [0.25, 0.3) is 0 Å². The molecule has 1 unspecified atom stereocenters. The predicted octanol–water partition coefficient (Wildman–Crippen LogP) is 4.58. The summed E-state index contributed by atoms with van der Waals surface area (Å²) in [5.41, 5.74) is 4.82. The zero-order chi connectivity index (χ0) is 13.0. The highest BCUT2D eigenvalue weighted by Crippen LogP contribution is 2.60. The van der Waals surface area contributed by atoms with Gasteiger partial charge in [0.05, 0.1) is 0 Å². The molecule has 3 aliphatic rings. The third-order valence-corrected chi connectivity index (χ3v) is 5.84. The molecule has 0 amide bonds. The lowest BCUT2D eigenvalue weighted by molar-refractivity contribution is -0.116. The molecule has 0 aromatic rings. The molecule has 0 N–H and O–H groups in total. The van der Waals surface area contributed by atoms with Gasteiger partial charge >= 0.3 is 0 Å². The minimum atomic E-state index is 0.200. The van der Waals surface area contributed by atoms with E-state index in [1.54, 1.807) is 5.57 Å². The van der Waals surface area contributed by atoms with Crippen LogP contribution in [0.1, 0.15) is 65.7 Å². The van der Waals surface area contributed by atoms with Gasteiger partial charge in [-0.2, -0.15) is 0 Å². The van der Waals surface area contributed by atoms with Gasteiger partial charge in [-0.25, -0.2) is 0 Å². The van der Waals surface area contributed by atoms with Crippen molar-refractivity contribution in [2.24, 2.45) is 10.8 Å². The van der Waals surface area contributed by atoms with Gasteiger partial charge in [0, 0.05) is 11.8 Å². The SMILES string of the molecule is CC1=C2CC[C@@]3(C)CCCC=C3C2(C)CCC1=O. The summed E-state index contributed by atoms with van der Waals surface area (Å²) in [6, 6.07) is 0. The van der Waals surface area contributed by atoms with E-state index >= 15 is 0 Å². The van der Waals surface area contributed by atoms with Crippen LogP contribution in [0.2, 0.25) is 0 Å². The average molecular weight is 244 g/mol. The summed E-state index contributed by atoms with van der Waals surface area (Å²) in [5.74, 6) is 0.391. The number of Topliss-reactive ketones (excluding diaryl/α,β-unsaturated/α-hetero) is 1. The number of hydrogen-bond acceptors (Lipinski definition) is 1. The molecule has 2 atom stereocenters. The van der Waals surface area contributed by atoms with Crippen LogP contribution in [0.3, 0.4) is 0 Å². The standard InChI is InChI=1S/C17H24O/c1-12-13-7-10-16(2)9-5-4-6-15(16)17(13,3)11-8-14(12)18/h6H,4-5,7-11H2,1-3H3/t16-,17?/m1/s1. The second-order valence-corrected chi connectivity index (χ2v) is 6.93. The fourth-order valence-electron chi connectivity index (χ4n) is 4.72. The van der Waals surface area contributed by atoms with Crippen LogP contribution in [0, 0.1) is 10.8 Å². The molecule has 1 nitrogen and oxygen atoms in total. The van der Waals surface area contributed by atoms with Crippen molar-refractivity contribution in [3.63, 3.8) is 0 Å². The lowest BCUT2D eigenvalue weighted by Gasteiger charge is -2.53. The summed E-state index contributed by atoms with van der Waals surface area (Å²) >= 11 is 0. The Kier molecular flexibility index (Phi) is 2.59. The molecule has 98 valence electrons. The second kappa shape index (κ2) is 3.82. The first-order chi connectivity index (χ1) is 8.47. The molecule has 1 fully saturated rings. The summed E-state index contributed by atoms with van der Waals surface area (Å²) in [5, 5.41) is 0. The van der Waals surface area contributed by atoms with Crippen molar-refractivity contribution in [1.29, 1.82) is 0 Å². The number of carbonyl (C=O) groups is 1. The van der Waals surface area contributed by atoms with Crippen LogP contribution in [0.15, 0.2) is 22.8 Å². The number of ketones is 1. The molecule has 0 spiro atoms. The summed E-state index contributed by atoms with van der Waals surface area (Å²) in [6.45, 7) is 6.90. The Morgan fingerprint density at radius 2 is 1.89 bits per heavy atom. The van der Waals surface area contributed by atoms with Crippen LogP contribution >= 0.6 is 0 Å². The highest BCUT2D eigenvalue weighted by atomic mass is 16.1. The van der Waals surface area contributed by atoms with Gasteiger partial charge in [-0.3, -0.25) is 4.79 Å². The van der Waals surface area contributed by atoms with Crippen molar-refractivity contribution in [2.75, 3.05) is 0 Å². The van der Waals surface area contributed by atoms with Crippen molar-refractivity contribution in [3.8, 4) is 0 Å². The Labute approximate surface area is 110 Å².